The van der Waals surface area contributed by atoms with E-state index in [9.17, 15) is 4.79 Å². The number of aliphatic hydroxyl groups is 1. The maximum Gasteiger partial charge on any atom is 0.251 e. The van der Waals surface area contributed by atoms with E-state index in [-0.39, 0.29) is 18.6 Å². The van der Waals surface area contributed by atoms with E-state index in [0.29, 0.717) is 22.6 Å². The second-order valence-electron chi connectivity index (χ2n) is 4.30. The van der Waals surface area contributed by atoms with Crippen molar-refractivity contribution in [3.05, 3.63) is 34.3 Å². The summed E-state index contributed by atoms with van der Waals surface area (Å²) in [4.78, 5) is 12.0. The summed E-state index contributed by atoms with van der Waals surface area (Å²) in [5.74, 6) is 6.40. The smallest absolute Gasteiger partial charge is 0.251 e. The molecule has 0 saturated heterocycles. The molecule has 108 valence electrons. The van der Waals surface area contributed by atoms with Gasteiger partial charge in [-0.1, -0.05) is 23.4 Å². The Bertz CT molecular complexity index is 522. The summed E-state index contributed by atoms with van der Waals surface area (Å²) in [6, 6.07) is 5.16. The zero-order valence-electron chi connectivity index (χ0n) is 11.6. The number of carbonyl (C=O) groups is 1. The third-order valence-electron chi connectivity index (χ3n) is 2.49. The normalized spacial score (nSPS) is 11.4. The number of rotatable bonds is 5. The molecule has 1 unspecified atom stereocenters. The maximum atomic E-state index is 12.0. The molecule has 0 aliphatic carbocycles. The fraction of sp³-hybridized carbons (Fsp3) is 0.400. The highest BCUT2D eigenvalue weighted by atomic mass is 35.5. The molecule has 20 heavy (non-hydrogen) atoms. The fourth-order valence-electron chi connectivity index (χ4n) is 1.57. The van der Waals surface area contributed by atoms with Crippen molar-refractivity contribution >= 4 is 29.3 Å². The monoisotopic (exact) mass is 311 g/mol. The van der Waals surface area contributed by atoms with E-state index in [1.54, 1.807) is 30.0 Å². The molecule has 0 spiro atoms. The molecule has 0 aliphatic heterocycles. The van der Waals surface area contributed by atoms with Crippen molar-refractivity contribution in [3.63, 3.8) is 0 Å². The van der Waals surface area contributed by atoms with Crippen LogP contribution in [0.15, 0.2) is 18.2 Å². The molecular weight excluding hydrogens is 294 g/mol. The summed E-state index contributed by atoms with van der Waals surface area (Å²) in [5.41, 5.74) is 1.18. The van der Waals surface area contributed by atoms with Crippen molar-refractivity contribution in [2.45, 2.75) is 19.4 Å². The van der Waals surface area contributed by atoms with Gasteiger partial charge in [-0.15, -0.1) is 0 Å². The molecule has 0 radical (unpaired) electrons. The molecule has 0 heterocycles. The van der Waals surface area contributed by atoms with Crippen LogP contribution >= 0.6 is 23.4 Å². The first kappa shape index (κ1) is 16.9. The number of benzene rings is 1. The first-order valence-electron chi connectivity index (χ1n) is 6.27. The van der Waals surface area contributed by atoms with E-state index in [4.69, 9.17) is 16.7 Å². The van der Waals surface area contributed by atoms with Gasteiger partial charge in [-0.3, -0.25) is 4.79 Å². The Labute approximate surface area is 129 Å². The van der Waals surface area contributed by atoms with Crippen LogP contribution in [0.25, 0.3) is 0 Å². The molecule has 2 N–H and O–H groups in total. The quantitative estimate of drug-likeness (QED) is 0.822. The minimum absolute atomic E-state index is 0.0262. The highest BCUT2D eigenvalue weighted by Crippen LogP contribution is 2.17. The molecule has 0 aliphatic rings. The van der Waals surface area contributed by atoms with Crippen LogP contribution in [0.4, 0.5) is 0 Å². The van der Waals surface area contributed by atoms with Crippen LogP contribution < -0.4 is 5.32 Å². The average Bonchev–Trinajstić information content (AvgIpc) is 2.41. The minimum atomic E-state index is -0.136. The molecule has 1 aromatic carbocycles. The Hall–Kier alpha value is -1.15. The van der Waals surface area contributed by atoms with Crippen LogP contribution in [0.5, 0.6) is 0 Å². The lowest BCUT2D eigenvalue weighted by Gasteiger charge is -2.12. The highest BCUT2D eigenvalue weighted by molar-refractivity contribution is 7.98. The van der Waals surface area contributed by atoms with Gasteiger partial charge in [0.05, 0.1) is 11.6 Å². The van der Waals surface area contributed by atoms with Gasteiger partial charge < -0.3 is 10.4 Å². The van der Waals surface area contributed by atoms with E-state index < -0.39 is 0 Å². The number of hydrogen-bond acceptors (Lipinski definition) is 3. The lowest BCUT2D eigenvalue weighted by Crippen LogP contribution is -2.34. The number of amides is 1. The predicted octanol–water partition coefficient (Wildman–Crippen LogP) is 2.56. The van der Waals surface area contributed by atoms with Crippen LogP contribution in [0.1, 0.15) is 29.3 Å². The Kier molecular flexibility index (Phi) is 7.53. The minimum Gasteiger partial charge on any atom is -0.395 e. The van der Waals surface area contributed by atoms with Crippen molar-refractivity contribution < 1.29 is 9.90 Å². The van der Waals surface area contributed by atoms with Crippen LogP contribution in [-0.2, 0) is 0 Å². The number of thioether (sulfide) groups is 1. The molecule has 0 saturated carbocycles. The summed E-state index contributed by atoms with van der Waals surface area (Å²) in [6.07, 6.45) is 2.41. The molecule has 0 fully saturated rings. The van der Waals surface area contributed by atoms with Gasteiger partial charge >= 0.3 is 0 Å². The van der Waals surface area contributed by atoms with Gasteiger partial charge in [-0.2, -0.15) is 11.8 Å². The lowest BCUT2D eigenvalue weighted by molar-refractivity contribution is 0.0944. The summed E-state index contributed by atoms with van der Waals surface area (Å²) in [5, 5.41) is 12.0. The first-order valence-corrected chi connectivity index (χ1v) is 8.04. The fourth-order valence-corrected chi connectivity index (χ4v) is 2.38. The number of carbonyl (C=O) groups excluding carboxylic acids is 1. The zero-order valence-corrected chi connectivity index (χ0v) is 13.1. The third kappa shape index (κ3) is 5.46. The topological polar surface area (TPSA) is 49.3 Å². The Morgan fingerprint density at radius 3 is 2.90 bits per heavy atom. The van der Waals surface area contributed by atoms with Gasteiger partial charge in [0.25, 0.3) is 5.91 Å². The first-order chi connectivity index (χ1) is 9.58. The van der Waals surface area contributed by atoms with Crippen molar-refractivity contribution in [3.8, 4) is 11.8 Å². The summed E-state index contributed by atoms with van der Waals surface area (Å²) in [6.45, 7) is 1.99. The van der Waals surface area contributed by atoms with Gasteiger partial charge in [0.15, 0.2) is 0 Å². The van der Waals surface area contributed by atoms with Crippen molar-refractivity contribution in [1.29, 1.82) is 0 Å². The van der Waals surface area contributed by atoms with E-state index in [1.807, 2.05) is 13.2 Å². The SMILES string of the molecule is CSCC(C)NC(=O)c1ccc(C#CCCO)c(Cl)c1. The molecule has 5 heteroatoms. The van der Waals surface area contributed by atoms with Crippen LogP contribution in [0.2, 0.25) is 5.02 Å². The van der Waals surface area contributed by atoms with Gasteiger partial charge in [0.2, 0.25) is 0 Å². The van der Waals surface area contributed by atoms with Crippen molar-refractivity contribution in [2.24, 2.45) is 0 Å². The number of nitrogens with one attached hydrogen (secondary N) is 1. The molecule has 3 nitrogen and oxygen atoms in total. The van der Waals surface area contributed by atoms with E-state index in [0.717, 1.165) is 5.75 Å². The van der Waals surface area contributed by atoms with Crippen LogP contribution in [-0.4, -0.2) is 35.7 Å². The predicted molar refractivity (Wildman–Crippen MR) is 85.3 cm³/mol. The zero-order chi connectivity index (χ0) is 15.0. The Morgan fingerprint density at radius 1 is 1.55 bits per heavy atom. The largest absolute Gasteiger partial charge is 0.395 e. The molecule has 1 amide bonds. The average molecular weight is 312 g/mol. The highest BCUT2D eigenvalue weighted by Gasteiger charge is 2.10. The Morgan fingerprint density at radius 2 is 2.30 bits per heavy atom. The number of hydrogen-bond donors (Lipinski definition) is 2. The summed E-state index contributed by atoms with van der Waals surface area (Å²) < 4.78 is 0. The van der Waals surface area contributed by atoms with Crippen molar-refractivity contribution in [2.75, 3.05) is 18.6 Å². The van der Waals surface area contributed by atoms with E-state index in [1.165, 1.54) is 0 Å². The van der Waals surface area contributed by atoms with Gasteiger partial charge in [-0.05, 0) is 31.4 Å². The van der Waals surface area contributed by atoms with Crippen LogP contribution in [0.3, 0.4) is 0 Å². The molecule has 1 atom stereocenters. The molecule has 1 rings (SSSR count). The molecule has 0 bridgehead atoms. The summed E-state index contributed by atoms with van der Waals surface area (Å²) in [7, 11) is 0. The number of aliphatic hydroxyl groups excluding tert-OH is 1. The molecular formula is C15H18ClNO2S. The number of halogens is 1. The van der Waals surface area contributed by atoms with E-state index in [2.05, 4.69) is 17.2 Å². The van der Waals surface area contributed by atoms with E-state index >= 15 is 0 Å². The second kappa shape index (κ2) is 8.91. The van der Waals surface area contributed by atoms with Crippen LogP contribution in [0, 0.1) is 11.8 Å². The Balaban J connectivity index is 2.77. The summed E-state index contributed by atoms with van der Waals surface area (Å²) >= 11 is 7.79. The molecule has 1 aromatic rings. The standard InChI is InChI=1S/C15H18ClNO2S/c1-11(10-20-2)17-15(19)13-7-6-12(14(16)9-13)5-3-4-8-18/h6-7,9,11,18H,4,8,10H2,1-2H3,(H,17,19). The molecule has 0 aromatic heterocycles. The van der Waals surface area contributed by atoms with Crippen molar-refractivity contribution in [1.82, 2.24) is 5.32 Å². The third-order valence-corrected chi connectivity index (χ3v) is 3.63. The maximum absolute atomic E-state index is 12.0. The van der Waals surface area contributed by atoms with Gasteiger partial charge in [-0.25, -0.2) is 0 Å². The lowest BCUT2D eigenvalue weighted by atomic mass is 10.1. The van der Waals surface area contributed by atoms with Gasteiger partial charge in [0, 0.05) is 29.3 Å². The van der Waals surface area contributed by atoms with Gasteiger partial charge in [0.1, 0.15) is 0 Å². The second-order valence-corrected chi connectivity index (χ2v) is 5.62.